The maximum atomic E-state index is 12.9. The number of carbonyl (C=O) groups is 1. The number of carbonyl (C=O) groups excluding carboxylic acids is 1. The molecule has 0 spiro atoms. The summed E-state index contributed by atoms with van der Waals surface area (Å²) < 4.78 is 7.00. The van der Waals surface area contributed by atoms with Gasteiger partial charge in [0.15, 0.2) is 11.6 Å². The summed E-state index contributed by atoms with van der Waals surface area (Å²) in [5, 5.41) is 14.4. The molecule has 0 bridgehead atoms. The Morgan fingerprint density at radius 3 is 2.75 bits per heavy atom. The largest absolute Gasteiger partial charge is 0.342 e. The molecule has 11 heteroatoms. The van der Waals surface area contributed by atoms with Gasteiger partial charge >= 0.3 is 0 Å². The van der Waals surface area contributed by atoms with Gasteiger partial charge in [-0.3, -0.25) is 9.48 Å². The van der Waals surface area contributed by atoms with Gasteiger partial charge in [0.05, 0.1) is 6.04 Å². The molecule has 1 amide bonds. The second-order valence-corrected chi connectivity index (χ2v) is 9.99. The quantitative estimate of drug-likeness (QED) is 0.402. The zero-order chi connectivity index (χ0) is 25.3. The van der Waals surface area contributed by atoms with E-state index in [4.69, 9.17) is 4.52 Å². The van der Waals surface area contributed by atoms with Gasteiger partial charge in [0, 0.05) is 30.3 Å². The van der Waals surface area contributed by atoms with Crippen LogP contribution in [0.15, 0.2) is 41.3 Å². The van der Waals surface area contributed by atoms with Crippen molar-refractivity contribution in [3.05, 3.63) is 59.6 Å². The Morgan fingerprint density at radius 1 is 1.14 bits per heavy atom. The van der Waals surface area contributed by atoms with Crippen molar-refractivity contribution in [1.29, 1.82) is 0 Å². The van der Waals surface area contributed by atoms with Crippen LogP contribution in [0.4, 0.5) is 11.8 Å². The van der Waals surface area contributed by atoms with E-state index in [1.165, 1.54) is 11.9 Å². The lowest BCUT2D eigenvalue weighted by Crippen LogP contribution is -2.29. The first-order valence-corrected chi connectivity index (χ1v) is 12.0. The lowest BCUT2D eigenvalue weighted by atomic mass is 9.96. The first-order chi connectivity index (χ1) is 17.3. The summed E-state index contributed by atoms with van der Waals surface area (Å²) in [6.45, 7) is 5.89. The standard InChI is InChI=1S/C25H29N9O2/c1-25(2,3)23-30-21(33-36-23)22(35)28-18-8-6-5-7-15-13-16(9-10-17(15)18)20-26-14-27-24(31-20)29-19-11-12-34(4)32-19/h9-14,18H,5-8H2,1-4H3,(H,28,35)(H,26,27,29,31,32)/t18-/m1/s1. The monoisotopic (exact) mass is 487 g/mol. The van der Waals surface area contributed by atoms with Crippen LogP contribution in [0.25, 0.3) is 11.4 Å². The van der Waals surface area contributed by atoms with Crippen molar-refractivity contribution in [2.24, 2.45) is 7.05 Å². The molecule has 3 heterocycles. The van der Waals surface area contributed by atoms with Gasteiger partial charge in [-0.2, -0.15) is 15.1 Å². The Morgan fingerprint density at radius 2 is 2.00 bits per heavy atom. The molecule has 3 aromatic heterocycles. The van der Waals surface area contributed by atoms with Crippen LogP contribution < -0.4 is 10.6 Å². The minimum atomic E-state index is -0.334. The number of nitrogens with zero attached hydrogens (tertiary/aromatic N) is 7. The Kier molecular flexibility index (Phi) is 6.21. The fourth-order valence-corrected chi connectivity index (χ4v) is 4.21. The first-order valence-electron chi connectivity index (χ1n) is 12.0. The Labute approximate surface area is 208 Å². The molecule has 1 atom stereocenters. The molecule has 0 radical (unpaired) electrons. The summed E-state index contributed by atoms with van der Waals surface area (Å²) in [7, 11) is 1.85. The van der Waals surface area contributed by atoms with E-state index >= 15 is 0 Å². The number of hydrogen-bond acceptors (Lipinski definition) is 9. The van der Waals surface area contributed by atoms with Crippen molar-refractivity contribution >= 4 is 17.7 Å². The highest BCUT2D eigenvalue weighted by molar-refractivity contribution is 5.90. The van der Waals surface area contributed by atoms with Crippen LogP contribution in [0, 0.1) is 0 Å². The SMILES string of the molecule is Cn1ccc(Nc2ncnc(-c3ccc4c(c3)CCCC[C@H]4NC(=O)c3noc(C(C)(C)C)n3)n2)n1. The Balaban J connectivity index is 1.36. The van der Waals surface area contributed by atoms with Gasteiger partial charge < -0.3 is 15.2 Å². The van der Waals surface area contributed by atoms with E-state index in [2.05, 4.69) is 46.9 Å². The van der Waals surface area contributed by atoms with Gasteiger partial charge in [-0.25, -0.2) is 9.97 Å². The molecule has 0 fully saturated rings. The average molecular weight is 488 g/mol. The number of amides is 1. The maximum absolute atomic E-state index is 12.9. The molecule has 0 aliphatic heterocycles. The summed E-state index contributed by atoms with van der Waals surface area (Å²) in [6.07, 6.45) is 7.11. The molecule has 2 N–H and O–H groups in total. The lowest BCUT2D eigenvalue weighted by molar-refractivity contribution is 0.0921. The molecule has 1 aromatic carbocycles. The van der Waals surface area contributed by atoms with Crippen molar-refractivity contribution < 1.29 is 9.32 Å². The molecular formula is C25H29N9O2. The number of nitrogens with one attached hydrogen (secondary N) is 2. The van der Waals surface area contributed by atoms with Crippen LogP contribution in [0.2, 0.25) is 0 Å². The summed E-state index contributed by atoms with van der Waals surface area (Å²) in [4.78, 5) is 30.4. The normalized spacial score (nSPS) is 15.7. The van der Waals surface area contributed by atoms with E-state index in [0.717, 1.165) is 36.8 Å². The molecule has 186 valence electrons. The minimum absolute atomic E-state index is 0.0560. The summed E-state index contributed by atoms with van der Waals surface area (Å²) in [5.41, 5.74) is 2.82. The highest BCUT2D eigenvalue weighted by Crippen LogP contribution is 2.32. The summed E-state index contributed by atoms with van der Waals surface area (Å²) >= 11 is 0. The highest BCUT2D eigenvalue weighted by Gasteiger charge is 2.27. The van der Waals surface area contributed by atoms with E-state index < -0.39 is 0 Å². The van der Waals surface area contributed by atoms with Crippen molar-refractivity contribution in [3.8, 4) is 11.4 Å². The van der Waals surface area contributed by atoms with Crippen molar-refractivity contribution in [2.45, 2.75) is 57.9 Å². The molecule has 0 unspecified atom stereocenters. The van der Waals surface area contributed by atoms with E-state index in [0.29, 0.717) is 23.5 Å². The molecule has 4 aromatic rings. The van der Waals surface area contributed by atoms with Gasteiger partial charge in [0.1, 0.15) is 6.33 Å². The second-order valence-electron chi connectivity index (χ2n) is 9.99. The molecule has 1 aliphatic rings. The lowest BCUT2D eigenvalue weighted by Gasteiger charge is -2.19. The number of hydrogen-bond donors (Lipinski definition) is 2. The number of anilines is 2. The van der Waals surface area contributed by atoms with Crippen molar-refractivity contribution in [1.82, 2.24) is 40.2 Å². The van der Waals surface area contributed by atoms with Gasteiger partial charge in [-0.05, 0) is 36.5 Å². The first kappa shape index (κ1) is 23.6. The fourth-order valence-electron chi connectivity index (χ4n) is 4.21. The van der Waals surface area contributed by atoms with Crippen molar-refractivity contribution in [2.75, 3.05) is 5.32 Å². The average Bonchev–Trinajstić information content (AvgIpc) is 3.46. The molecule has 11 nitrogen and oxygen atoms in total. The van der Waals surface area contributed by atoms with E-state index in [9.17, 15) is 4.79 Å². The van der Waals surface area contributed by atoms with E-state index in [-0.39, 0.29) is 23.2 Å². The maximum Gasteiger partial charge on any atom is 0.293 e. The smallest absolute Gasteiger partial charge is 0.293 e. The van der Waals surface area contributed by atoms with Crippen LogP contribution >= 0.6 is 0 Å². The number of aryl methyl sites for hydroxylation is 2. The van der Waals surface area contributed by atoms with Crippen LogP contribution in [0.3, 0.4) is 0 Å². The van der Waals surface area contributed by atoms with Gasteiger partial charge in [-0.1, -0.05) is 44.5 Å². The zero-order valence-electron chi connectivity index (χ0n) is 20.8. The molecular weight excluding hydrogens is 458 g/mol. The topological polar surface area (TPSA) is 137 Å². The summed E-state index contributed by atoms with van der Waals surface area (Å²) in [6, 6.07) is 7.84. The minimum Gasteiger partial charge on any atom is -0.342 e. The molecule has 0 saturated carbocycles. The number of aromatic nitrogens is 7. The third-order valence-corrected chi connectivity index (χ3v) is 6.07. The third-order valence-electron chi connectivity index (χ3n) is 6.07. The predicted molar refractivity (Wildman–Crippen MR) is 133 cm³/mol. The van der Waals surface area contributed by atoms with Crippen LogP contribution in [-0.2, 0) is 18.9 Å². The highest BCUT2D eigenvalue weighted by atomic mass is 16.5. The fraction of sp³-hybridized carbons (Fsp3) is 0.400. The van der Waals surface area contributed by atoms with Crippen LogP contribution in [0.1, 0.15) is 73.7 Å². The van der Waals surface area contributed by atoms with Gasteiger partial charge in [0.2, 0.25) is 11.8 Å². The number of fused-ring (bicyclic) bond motifs is 1. The molecule has 5 rings (SSSR count). The van der Waals surface area contributed by atoms with E-state index in [1.54, 1.807) is 4.68 Å². The molecule has 0 saturated heterocycles. The zero-order valence-corrected chi connectivity index (χ0v) is 20.8. The van der Waals surface area contributed by atoms with Crippen LogP contribution in [-0.4, -0.2) is 40.8 Å². The van der Waals surface area contributed by atoms with Crippen molar-refractivity contribution in [3.63, 3.8) is 0 Å². The van der Waals surface area contributed by atoms with E-state index in [1.807, 2.05) is 52.2 Å². The third kappa shape index (κ3) is 5.09. The van der Waals surface area contributed by atoms with Gasteiger partial charge in [0.25, 0.3) is 11.7 Å². The predicted octanol–water partition coefficient (Wildman–Crippen LogP) is 3.89. The van der Waals surface area contributed by atoms with Gasteiger partial charge in [-0.15, -0.1) is 0 Å². The Bertz CT molecular complexity index is 1390. The molecule has 36 heavy (non-hydrogen) atoms. The number of rotatable bonds is 5. The second kappa shape index (κ2) is 9.48. The Hall–Kier alpha value is -4.15. The number of benzene rings is 1. The molecule has 1 aliphatic carbocycles. The summed E-state index contributed by atoms with van der Waals surface area (Å²) in [5.74, 6) is 1.81. The van der Waals surface area contributed by atoms with Crippen LogP contribution in [0.5, 0.6) is 0 Å².